The topological polar surface area (TPSA) is 112 Å². The molecule has 0 saturated carbocycles. The Balaban J connectivity index is 3.30. The maximum atomic E-state index is 11.8. The summed E-state index contributed by atoms with van der Waals surface area (Å²) >= 11 is 0. The molecular formula is C13H16N2O5. The van der Waals surface area contributed by atoms with E-state index in [1.54, 1.807) is 6.92 Å². The van der Waals surface area contributed by atoms with E-state index in [4.69, 9.17) is 14.9 Å². The predicted octanol–water partition coefficient (Wildman–Crippen LogP) is 1.38. The summed E-state index contributed by atoms with van der Waals surface area (Å²) in [7, 11) is 0. The number of carbonyl (C=O) groups excluding carboxylic acids is 3. The van der Waals surface area contributed by atoms with Gasteiger partial charge in [-0.05, 0) is 20.8 Å². The van der Waals surface area contributed by atoms with E-state index in [1.165, 1.54) is 13.8 Å². The molecule has 0 fully saturated rings. The van der Waals surface area contributed by atoms with Gasteiger partial charge in [0.1, 0.15) is 16.9 Å². The maximum absolute atomic E-state index is 11.8. The number of furan rings is 1. The van der Waals surface area contributed by atoms with Crippen LogP contribution in [0.25, 0.3) is 0 Å². The van der Waals surface area contributed by atoms with Gasteiger partial charge >= 0.3 is 5.97 Å². The Hall–Kier alpha value is -2.57. The number of hydrogen-bond acceptors (Lipinski definition) is 5. The zero-order chi connectivity index (χ0) is 15.4. The first-order chi connectivity index (χ1) is 9.29. The maximum Gasteiger partial charge on any atom is 0.342 e. The average molecular weight is 280 g/mol. The van der Waals surface area contributed by atoms with Crippen molar-refractivity contribution in [2.24, 2.45) is 5.73 Å². The quantitative estimate of drug-likeness (QED) is 0.625. The summed E-state index contributed by atoms with van der Waals surface area (Å²) in [6.07, 6.45) is 0. The van der Waals surface area contributed by atoms with Crippen molar-refractivity contribution in [3.8, 4) is 0 Å². The molecule has 0 aliphatic carbocycles. The van der Waals surface area contributed by atoms with Gasteiger partial charge in [0.25, 0.3) is 11.8 Å². The summed E-state index contributed by atoms with van der Waals surface area (Å²) in [6, 6.07) is 0. The van der Waals surface area contributed by atoms with Gasteiger partial charge in [0.15, 0.2) is 0 Å². The lowest BCUT2D eigenvalue weighted by molar-refractivity contribution is -0.112. The first-order valence-electron chi connectivity index (χ1n) is 5.86. The van der Waals surface area contributed by atoms with E-state index in [0.717, 1.165) is 0 Å². The fraction of sp³-hybridized carbons (Fsp3) is 0.308. The van der Waals surface area contributed by atoms with E-state index in [-0.39, 0.29) is 35.0 Å². The summed E-state index contributed by atoms with van der Waals surface area (Å²) in [5, 5.41) is 2.34. The number of ether oxygens (including phenoxy) is 1. The lowest BCUT2D eigenvalue weighted by Crippen LogP contribution is -2.20. The number of rotatable bonds is 5. The van der Waals surface area contributed by atoms with Crippen LogP contribution in [0.2, 0.25) is 0 Å². The number of hydrogen-bond donors (Lipinski definition) is 2. The van der Waals surface area contributed by atoms with Gasteiger partial charge in [-0.1, -0.05) is 6.58 Å². The molecule has 1 aromatic rings. The highest BCUT2D eigenvalue weighted by Gasteiger charge is 2.29. The monoisotopic (exact) mass is 280 g/mol. The van der Waals surface area contributed by atoms with Gasteiger partial charge in [-0.15, -0.1) is 0 Å². The number of amides is 2. The van der Waals surface area contributed by atoms with Crippen LogP contribution in [0.15, 0.2) is 16.6 Å². The largest absolute Gasteiger partial charge is 0.462 e. The molecule has 0 saturated heterocycles. The van der Waals surface area contributed by atoms with Crippen LogP contribution in [-0.2, 0) is 9.53 Å². The van der Waals surface area contributed by atoms with Crippen LogP contribution in [0.3, 0.4) is 0 Å². The molecule has 0 bridgehead atoms. The Kier molecular flexibility index (Phi) is 4.68. The highest BCUT2D eigenvalue weighted by atomic mass is 16.5. The minimum Gasteiger partial charge on any atom is -0.462 e. The second-order valence-corrected chi connectivity index (χ2v) is 4.06. The van der Waals surface area contributed by atoms with Gasteiger partial charge in [0.05, 0.1) is 6.61 Å². The standard InChI is InChI=1S/C13H16N2O5/c1-5-19-13(18)8-7(4)20-12(9(8)10(14)16)15-11(17)6(2)3/h2,5H2,1,3-4H3,(H2,14,16)(H,15,17). The van der Waals surface area contributed by atoms with Gasteiger partial charge in [-0.3, -0.25) is 14.9 Å². The summed E-state index contributed by atoms with van der Waals surface area (Å²) in [5.74, 6) is -2.24. The first-order valence-corrected chi connectivity index (χ1v) is 5.86. The van der Waals surface area contributed by atoms with E-state index in [9.17, 15) is 14.4 Å². The molecular weight excluding hydrogens is 264 g/mol. The van der Waals surface area contributed by atoms with Crippen LogP contribution in [-0.4, -0.2) is 24.4 Å². The van der Waals surface area contributed by atoms with Crippen molar-refractivity contribution in [3.05, 3.63) is 29.0 Å². The van der Waals surface area contributed by atoms with Crippen molar-refractivity contribution in [1.82, 2.24) is 0 Å². The van der Waals surface area contributed by atoms with E-state index < -0.39 is 17.8 Å². The fourth-order valence-corrected chi connectivity index (χ4v) is 1.53. The zero-order valence-corrected chi connectivity index (χ0v) is 11.5. The molecule has 7 heteroatoms. The minimum atomic E-state index is -0.901. The van der Waals surface area contributed by atoms with Crippen molar-refractivity contribution in [3.63, 3.8) is 0 Å². The summed E-state index contributed by atoms with van der Waals surface area (Å²) in [6.45, 7) is 8.17. The van der Waals surface area contributed by atoms with Crippen LogP contribution < -0.4 is 11.1 Å². The average Bonchev–Trinajstić information content (AvgIpc) is 2.65. The van der Waals surface area contributed by atoms with Gasteiger partial charge < -0.3 is 14.9 Å². The Morgan fingerprint density at radius 3 is 2.40 bits per heavy atom. The summed E-state index contributed by atoms with van der Waals surface area (Å²) in [5.41, 5.74) is 5.15. The number of primary amides is 1. The molecule has 7 nitrogen and oxygen atoms in total. The number of aryl methyl sites for hydroxylation is 1. The highest BCUT2D eigenvalue weighted by Crippen LogP contribution is 2.27. The molecule has 1 heterocycles. The first kappa shape index (κ1) is 15.5. The Bertz CT molecular complexity index is 586. The van der Waals surface area contributed by atoms with Crippen LogP contribution in [0.4, 0.5) is 5.88 Å². The molecule has 0 radical (unpaired) electrons. The SMILES string of the molecule is C=C(C)C(=O)Nc1oc(C)c(C(=O)OCC)c1C(N)=O. The van der Waals surface area contributed by atoms with Gasteiger partial charge in [-0.2, -0.15) is 0 Å². The summed E-state index contributed by atoms with van der Waals surface area (Å²) < 4.78 is 10.0. The smallest absolute Gasteiger partial charge is 0.342 e. The Labute approximate surface area is 115 Å². The number of nitrogens with one attached hydrogen (secondary N) is 1. The van der Waals surface area contributed by atoms with E-state index in [1.807, 2.05) is 0 Å². The van der Waals surface area contributed by atoms with Gasteiger partial charge in [-0.25, -0.2) is 4.79 Å². The molecule has 1 rings (SSSR count). The molecule has 0 aromatic carbocycles. The molecule has 3 N–H and O–H groups in total. The summed E-state index contributed by atoms with van der Waals surface area (Å²) in [4.78, 5) is 34.9. The van der Waals surface area contributed by atoms with E-state index >= 15 is 0 Å². The van der Waals surface area contributed by atoms with Crippen LogP contribution in [0.1, 0.15) is 40.3 Å². The van der Waals surface area contributed by atoms with Crippen molar-refractivity contribution < 1.29 is 23.5 Å². The minimum absolute atomic E-state index is 0.0867. The lowest BCUT2D eigenvalue weighted by atomic mass is 10.1. The third-order valence-corrected chi connectivity index (χ3v) is 2.42. The van der Waals surface area contributed by atoms with Crippen molar-refractivity contribution in [2.75, 3.05) is 11.9 Å². The highest BCUT2D eigenvalue weighted by molar-refractivity contribution is 6.12. The Morgan fingerprint density at radius 2 is 1.95 bits per heavy atom. The predicted molar refractivity (Wildman–Crippen MR) is 71.4 cm³/mol. The van der Waals surface area contributed by atoms with E-state index in [0.29, 0.717) is 0 Å². The zero-order valence-electron chi connectivity index (χ0n) is 11.5. The lowest BCUT2D eigenvalue weighted by Gasteiger charge is -2.04. The third kappa shape index (κ3) is 3.05. The van der Waals surface area contributed by atoms with Crippen LogP contribution >= 0.6 is 0 Å². The molecule has 0 aliphatic heterocycles. The normalized spacial score (nSPS) is 9.95. The molecule has 108 valence electrons. The number of carbonyl (C=O) groups is 3. The fourth-order valence-electron chi connectivity index (χ4n) is 1.53. The molecule has 1 aromatic heterocycles. The molecule has 0 atom stereocenters. The molecule has 20 heavy (non-hydrogen) atoms. The van der Waals surface area contributed by atoms with Crippen LogP contribution in [0, 0.1) is 6.92 Å². The van der Waals surface area contributed by atoms with Gasteiger partial charge in [0.2, 0.25) is 5.88 Å². The number of anilines is 1. The van der Waals surface area contributed by atoms with Gasteiger partial charge in [0, 0.05) is 5.57 Å². The molecule has 0 unspecified atom stereocenters. The second kappa shape index (κ2) is 6.05. The second-order valence-electron chi connectivity index (χ2n) is 4.06. The third-order valence-electron chi connectivity index (χ3n) is 2.42. The van der Waals surface area contributed by atoms with Crippen molar-refractivity contribution in [2.45, 2.75) is 20.8 Å². The Morgan fingerprint density at radius 1 is 1.35 bits per heavy atom. The van der Waals surface area contributed by atoms with Crippen molar-refractivity contribution in [1.29, 1.82) is 0 Å². The molecule has 0 spiro atoms. The molecule has 2 amide bonds. The number of nitrogens with two attached hydrogens (primary N) is 1. The molecule has 0 aliphatic rings. The van der Waals surface area contributed by atoms with Crippen molar-refractivity contribution >= 4 is 23.7 Å². The number of esters is 1. The van der Waals surface area contributed by atoms with E-state index in [2.05, 4.69) is 11.9 Å². The van der Waals surface area contributed by atoms with Crippen LogP contribution in [0.5, 0.6) is 0 Å².